The Hall–Kier alpha value is -1.16. The van der Waals surface area contributed by atoms with Crippen LogP contribution in [0.3, 0.4) is 0 Å². The van der Waals surface area contributed by atoms with Crippen LogP contribution in [-0.4, -0.2) is 5.91 Å². The van der Waals surface area contributed by atoms with Crippen LogP contribution in [0, 0.1) is 5.82 Å². The first kappa shape index (κ1) is 9.92. The van der Waals surface area contributed by atoms with E-state index in [1.165, 1.54) is 12.1 Å². The second kappa shape index (κ2) is 4.18. The maximum absolute atomic E-state index is 13.0. The van der Waals surface area contributed by atoms with Gasteiger partial charge in [-0.15, -0.1) is 0 Å². The SMILES string of the molecule is C=C(Br)C(=O)Nc1ccccc1F. The Labute approximate surface area is 83.6 Å². The van der Waals surface area contributed by atoms with Crippen LogP contribution < -0.4 is 5.32 Å². The summed E-state index contributed by atoms with van der Waals surface area (Å²) in [5.74, 6) is -0.922. The van der Waals surface area contributed by atoms with Crippen molar-refractivity contribution >= 4 is 27.5 Å². The fourth-order valence-electron chi connectivity index (χ4n) is 0.753. The van der Waals surface area contributed by atoms with Crippen LogP contribution in [0.4, 0.5) is 10.1 Å². The van der Waals surface area contributed by atoms with Crippen molar-refractivity contribution in [2.24, 2.45) is 0 Å². The molecule has 1 aromatic rings. The van der Waals surface area contributed by atoms with Crippen LogP contribution in [0.2, 0.25) is 0 Å². The van der Waals surface area contributed by atoms with Crippen LogP contribution in [0.25, 0.3) is 0 Å². The van der Waals surface area contributed by atoms with Gasteiger partial charge in [-0.3, -0.25) is 4.79 Å². The minimum atomic E-state index is -0.468. The molecule has 2 nitrogen and oxygen atoms in total. The zero-order valence-corrected chi connectivity index (χ0v) is 8.27. The number of para-hydroxylation sites is 1. The Morgan fingerprint density at radius 2 is 2.08 bits per heavy atom. The number of hydrogen-bond acceptors (Lipinski definition) is 1. The van der Waals surface area contributed by atoms with Crippen LogP contribution in [-0.2, 0) is 4.79 Å². The fourth-order valence-corrected chi connectivity index (χ4v) is 0.852. The molecule has 0 aliphatic carbocycles. The average molecular weight is 244 g/mol. The summed E-state index contributed by atoms with van der Waals surface area (Å²) >= 11 is 2.89. The molecule has 0 radical (unpaired) electrons. The largest absolute Gasteiger partial charge is 0.319 e. The Morgan fingerprint density at radius 3 is 2.62 bits per heavy atom. The summed E-state index contributed by atoms with van der Waals surface area (Å²) < 4.78 is 13.1. The lowest BCUT2D eigenvalue weighted by atomic mass is 10.3. The summed E-state index contributed by atoms with van der Waals surface area (Å²) in [4.78, 5) is 11.0. The quantitative estimate of drug-likeness (QED) is 0.796. The zero-order valence-electron chi connectivity index (χ0n) is 6.68. The number of carbonyl (C=O) groups is 1. The molecule has 1 rings (SSSR count). The average Bonchev–Trinajstić information content (AvgIpc) is 2.08. The van der Waals surface area contributed by atoms with Gasteiger partial charge in [0.05, 0.1) is 10.2 Å². The van der Waals surface area contributed by atoms with Gasteiger partial charge < -0.3 is 5.32 Å². The van der Waals surface area contributed by atoms with Crippen molar-refractivity contribution in [1.29, 1.82) is 0 Å². The summed E-state index contributed by atoms with van der Waals surface area (Å²) in [5.41, 5.74) is 0.146. The number of halogens is 2. The Kier molecular flexibility index (Phi) is 3.19. The van der Waals surface area contributed by atoms with Gasteiger partial charge in [-0.1, -0.05) is 18.7 Å². The number of nitrogens with one attached hydrogen (secondary N) is 1. The molecule has 1 N–H and O–H groups in total. The number of rotatable bonds is 2. The highest BCUT2D eigenvalue weighted by molar-refractivity contribution is 9.12. The van der Waals surface area contributed by atoms with Crippen LogP contribution in [0.15, 0.2) is 35.3 Å². The van der Waals surface area contributed by atoms with Crippen molar-refractivity contribution in [3.05, 3.63) is 41.1 Å². The number of benzene rings is 1. The Bertz CT molecular complexity index is 351. The highest BCUT2D eigenvalue weighted by atomic mass is 79.9. The first-order valence-electron chi connectivity index (χ1n) is 3.51. The van der Waals surface area contributed by atoms with Crippen molar-refractivity contribution in [3.63, 3.8) is 0 Å². The van der Waals surface area contributed by atoms with Gasteiger partial charge in [0.25, 0.3) is 5.91 Å². The van der Waals surface area contributed by atoms with E-state index in [9.17, 15) is 9.18 Å². The van der Waals surface area contributed by atoms with Gasteiger partial charge in [0.15, 0.2) is 0 Å². The molecular weight excluding hydrogens is 237 g/mol. The summed E-state index contributed by atoms with van der Waals surface area (Å²) in [6.45, 7) is 3.36. The Morgan fingerprint density at radius 1 is 1.46 bits per heavy atom. The van der Waals surface area contributed by atoms with E-state index in [0.717, 1.165) is 0 Å². The van der Waals surface area contributed by atoms with Gasteiger partial charge in [0, 0.05) is 0 Å². The van der Waals surface area contributed by atoms with E-state index in [-0.39, 0.29) is 10.2 Å². The van der Waals surface area contributed by atoms with Crippen molar-refractivity contribution in [2.75, 3.05) is 5.32 Å². The maximum atomic E-state index is 13.0. The lowest BCUT2D eigenvalue weighted by molar-refractivity contribution is -0.112. The molecule has 68 valence electrons. The number of amides is 1. The third-order valence-corrected chi connectivity index (χ3v) is 1.73. The first-order chi connectivity index (χ1) is 6.11. The van der Waals surface area contributed by atoms with E-state index in [2.05, 4.69) is 27.8 Å². The molecule has 0 bridgehead atoms. The van der Waals surface area contributed by atoms with Crippen molar-refractivity contribution in [2.45, 2.75) is 0 Å². The summed E-state index contributed by atoms with van der Waals surface area (Å²) in [7, 11) is 0. The predicted octanol–water partition coefficient (Wildman–Crippen LogP) is 2.67. The number of carbonyl (C=O) groups excluding carboxylic acids is 1. The molecule has 0 atom stereocenters. The lowest BCUT2D eigenvalue weighted by Gasteiger charge is -2.03. The number of hydrogen-bond donors (Lipinski definition) is 1. The van der Waals surface area contributed by atoms with Crippen molar-refractivity contribution in [3.8, 4) is 0 Å². The topological polar surface area (TPSA) is 29.1 Å². The normalized spacial score (nSPS) is 9.38. The third kappa shape index (κ3) is 2.66. The molecule has 0 unspecified atom stereocenters. The fraction of sp³-hybridized carbons (Fsp3) is 0. The molecule has 0 aromatic heterocycles. The smallest absolute Gasteiger partial charge is 0.262 e. The van der Waals surface area contributed by atoms with E-state index in [0.29, 0.717) is 0 Å². The van der Waals surface area contributed by atoms with E-state index >= 15 is 0 Å². The number of anilines is 1. The van der Waals surface area contributed by atoms with Crippen molar-refractivity contribution in [1.82, 2.24) is 0 Å². The molecule has 0 aliphatic heterocycles. The predicted molar refractivity (Wildman–Crippen MR) is 53.1 cm³/mol. The minimum Gasteiger partial charge on any atom is -0.319 e. The zero-order chi connectivity index (χ0) is 9.84. The van der Waals surface area contributed by atoms with Gasteiger partial charge >= 0.3 is 0 Å². The molecule has 0 fully saturated rings. The van der Waals surface area contributed by atoms with Gasteiger partial charge in [-0.05, 0) is 28.1 Å². The molecular formula is C9H7BrFNO. The van der Waals surface area contributed by atoms with Crippen molar-refractivity contribution < 1.29 is 9.18 Å². The monoisotopic (exact) mass is 243 g/mol. The Balaban J connectivity index is 2.81. The summed E-state index contributed by atoms with van der Waals surface area (Å²) in [6, 6.07) is 5.93. The molecule has 0 aliphatic rings. The highest BCUT2D eigenvalue weighted by Crippen LogP contribution is 2.14. The van der Waals surface area contributed by atoms with E-state index in [4.69, 9.17) is 0 Å². The second-order valence-electron chi connectivity index (χ2n) is 2.34. The van der Waals surface area contributed by atoms with E-state index < -0.39 is 11.7 Å². The van der Waals surface area contributed by atoms with Crippen LogP contribution >= 0.6 is 15.9 Å². The molecule has 1 amide bonds. The molecule has 0 saturated heterocycles. The van der Waals surface area contributed by atoms with E-state index in [1.54, 1.807) is 12.1 Å². The van der Waals surface area contributed by atoms with Crippen LogP contribution in [0.5, 0.6) is 0 Å². The third-order valence-electron chi connectivity index (χ3n) is 1.37. The molecule has 13 heavy (non-hydrogen) atoms. The van der Waals surface area contributed by atoms with Gasteiger partial charge in [0.2, 0.25) is 0 Å². The maximum Gasteiger partial charge on any atom is 0.262 e. The summed E-state index contributed by atoms with van der Waals surface area (Å²) in [6.07, 6.45) is 0. The molecule has 0 saturated carbocycles. The molecule has 0 heterocycles. The van der Waals surface area contributed by atoms with Gasteiger partial charge in [-0.2, -0.15) is 0 Å². The summed E-state index contributed by atoms with van der Waals surface area (Å²) in [5, 5.41) is 2.35. The first-order valence-corrected chi connectivity index (χ1v) is 4.31. The lowest BCUT2D eigenvalue weighted by Crippen LogP contribution is -2.11. The minimum absolute atomic E-state index is 0.146. The van der Waals surface area contributed by atoms with Crippen LogP contribution in [0.1, 0.15) is 0 Å². The molecule has 1 aromatic carbocycles. The molecule has 0 spiro atoms. The molecule has 4 heteroatoms. The van der Waals surface area contributed by atoms with Gasteiger partial charge in [-0.25, -0.2) is 4.39 Å². The van der Waals surface area contributed by atoms with Gasteiger partial charge in [0.1, 0.15) is 5.82 Å². The second-order valence-corrected chi connectivity index (χ2v) is 3.30. The standard InChI is InChI=1S/C9H7BrFNO/c1-6(10)9(13)12-8-5-3-2-4-7(8)11/h2-5H,1H2,(H,12,13). The van der Waals surface area contributed by atoms with E-state index in [1.807, 2.05) is 0 Å². The highest BCUT2D eigenvalue weighted by Gasteiger charge is 2.06.